The SMILES string of the molecule is CCC(CSC)N(C)Cc1cccc(CNCC(C)C)c1. The summed E-state index contributed by atoms with van der Waals surface area (Å²) in [6.07, 6.45) is 3.41. The van der Waals surface area contributed by atoms with Gasteiger partial charge in [0, 0.05) is 24.9 Å². The van der Waals surface area contributed by atoms with Gasteiger partial charge >= 0.3 is 0 Å². The molecule has 0 bridgehead atoms. The third-order valence-electron chi connectivity index (χ3n) is 3.76. The maximum absolute atomic E-state index is 3.52. The summed E-state index contributed by atoms with van der Waals surface area (Å²) in [6, 6.07) is 9.66. The summed E-state index contributed by atoms with van der Waals surface area (Å²) in [6.45, 7) is 9.86. The number of hydrogen-bond acceptors (Lipinski definition) is 3. The zero-order chi connectivity index (χ0) is 15.7. The highest BCUT2D eigenvalue weighted by Crippen LogP contribution is 2.13. The van der Waals surface area contributed by atoms with Gasteiger partial charge in [-0.05, 0) is 43.3 Å². The van der Waals surface area contributed by atoms with Crippen LogP contribution in [0.5, 0.6) is 0 Å². The molecule has 0 heterocycles. The van der Waals surface area contributed by atoms with Crippen molar-refractivity contribution in [2.24, 2.45) is 5.92 Å². The molecule has 1 rings (SSSR count). The second-order valence-electron chi connectivity index (χ2n) is 6.28. The molecule has 1 aromatic rings. The average molecular weight is 309 g/mol. The van der Waals surface area contributed by atoms with Crippen molar-refractivity contribution in [2.75, 3.05) is 25.6 Å². The quantitative estimate of drug-likeness (QED) is 0.703. The van der Waals surface area contributed by atoms with Crippen LogP contribution in [0, 0.1) is 5.92 Å². The van der Waals surface area contributed by atoms with Crippen LogP contribution in [-0.4, -0.2) is 36.5 Å². The minimum atomic E-state index is 0.669. The zero-order valence-electron chi connectivity index (χ0n) is 14.4. The van der Waals surface area contributed by atoms with Gasteiger partial charge in [0.05, 0.1) is 0 Å². The third kappa shape index (κ3) is 7.35. The molecule has 1 N–H and O–H groups in total. The standard InChI is InChI=1S/C18H32N2S/c1-6-18(14-21-5)20(4)13-17-9-7-8-16(10-17)12-19-11-15(2)3/h7-10,15,18-19H,6,11-14H2,1-5H3. The van der Waals surface area contributed by atoms with Crippen molar-refractivity contribution in [3.63, 3.8) is 0 Å². The molecule has 120 valence electrons. The maximum atomic E-state index is 3.52. The Morgan fingerprint density at radius 3 is 2.57 bits per heavy atom. The lowest BCUT2D eigenvalue weighted by atomic mass is 10.1. The van der Waals surface area contributed by atoms with Crippen molar-refractivity contribution in [2.45, 2.75) is 46.3 Å². The highest BCUT2D eigenvalue weighted by Gasteiger charge is 2.12. The number of hydrogen-bond donors (Lipinski definition) is 1. The molecule has 0 amide bonds. The Kier molecular flexibility index (Phi) is 9.05. The lowest BCUT2D eigenvalue weighted by molar-refractivity contribution is 0.248. The maximum Gasteiger partial charge on any atom is 0.0234 e. The molecule has 1 atom stereocenters. The summed E-state index contributed by atoms with van der Waals surface area (Å²) in [5, 5.41) is 3.52. The number of thioether (sulfide) groups is 1. The lowest BCUT2D eigenvalue weighted by Crippen LogP contribution is -2.32. The first-order valence-electron chi connectivity index (χ1n) is 8.04. The van der Waals surface area contributed by atoms with E-state index in [-0.39, 0.29) is 0 Å². The van der Waals surface area contributed by atoms with Gasteiger partial charge in [-0.2, -0.15) is 11.8 Å². The third-order valence-corrected chi connectivity index (χ3v) is 4.48. The van der Waals surface area contributed by atoms with Crippen LogP contribution in [0.2, 0.25) is 0 Å². The molecule has 0 saturated carbocycles. The molecule has 0 aliphatic rings. The summed E-state index contributed by atoms with van der Waals surface area (Å²) >= 11 is 1.94. The molecule has 2 nitrogen and oxygen atoms in total. The smallest absolute Gasteiger partial charge is 0.0234 e. The monoisotopic (exact) mass is 308 g/mol. The normalized spacial score (nSPS) is 13.1. The number of benzene rings is 1. The minimum absolute atomic E-state index is 0.669. The van der Waals surface area contributed by atoms with Crippen molar-refractivity contribution < 1.29 is 0 Å². The van der Waals surface area contributed by atoms with Gasteiger partial charge < -0.3 is 5.32 Å². The van der Waals surface area contributed by atoms with Crippen LogP contribution in [0.1, 0.15) is 38.3 Å². The summed E-state index contributed by atoms with van der Waals surface area (Å²) in [5.41, 5.74) is 2.81. The van der Waals surface area contributed by atoms with Gasteiger partial charge in [-0.3, -0.25) is 4.90 Å². The van der Waals surface area contributed by atoms with E-state index >= 15 is 0 Å². The Morgan fingerprint density at radius 1 is 1.24 bits per heavy atom. The van der Waals surface area contributed by atoms with Crippen molar-refractivity contribution in [1.82, 2.24) is 10.2 Å². The fraction of sp³-hybridized carbons (Fsp3) is 0.667. The van der Waals surface area contributed by atoms with E-state index in [4.69, 9.17) is 0 Å². The largest absolute Gasteiger partial charge is 0.312 e. The molecule has 0 radical (unpaired) electrons. The molecule has 0 aliphatic carbocycles. The molecular formula is C18H32N2S. The Balaban J connectivity index is 2.55. The number of nitrogens with zero attached hydrogens (tertiary/aromatic N) is 1. The van der Waals surface area contributed by atoms with Crippen LogP contribution in [0.15, 0.2) is 24.3 Å². The second kappa shape index (κ2) is 10.3. The predicted molar refractivity (Wildman–Crippen MR) is 96.9 cm³/mol. The van der Waals surface area contributed by atoms with Gasteiger partial charge in [-0.25, -0.2) is 0 Å². The lowest BCUT2D eigenvalue weighted by Gasteiger charge is -2.26. The van der Waals surface area contributed by atoms with Crippen molar-refractivity contribution in [3.05, 3.63) is 35.4 Å². The Hall–Kier alpha value is -0.510. The molecule has 0 spiro atoms. The van der Waals surface area contributed by atoms with Crippen LogP contribution >= 0.6 is 11.8 Å². The number of rotatable bonds is 10. The summed E-state index contributed by atoms with van der Waals surface area (Å²) in [5.74, 6) is 1.92. The number of nitrogens with one attached hydrogen (secondary N) is 1. The van der Waals surface area contributed by atoms with E-state index in [2.05, 4.69) is 68.6 Å². The van der Waals surface area contributed by atoms with Gasteiger partial charge in [-0.1, -0.05) is 45.0 Å². The molecule has 1 aromatic carbocycles. The summed E-state index contributed by atoms with van der Waals surface area (Å²) in [7, 11) is 2.24. The van der Waals surface area contributed by atoms with Crippen LogP contribution in [-0.2, 0) is 13.1 Å². The topological polar surface area (TPSA) is 15.3 Å². The van der Waals surface area contributed by atoms with Crippen molar-refractivity contribution in [3.8, 4) is 0 Å². The summed E-state index contributed by atoms with van der Waals surface area (Å²) < 4.78 is 0. The second-order valence-corrected chi connectivity index (χ2v) is 7.19. The van der Waals surface area contributed by atoms with Crippen LogP contribution in [0.25, 0.3) is 0 Å². The van der Waals surface area contributed by atoms with E-state index in [1.807, 2.05) is 11.8 Å². The first kappa shape index (κ1) is 18.5. The van der Waals surface area contributed by atoms with E-state index in [0.717, 1.165) is 19.6 Å². The fourth-order valence-electron chi connectivity index (χ4n) is 2.51. The fourth-order valence-corrected chi connectivity index (χ4v) is 3.38. The van der Waals surface area contributed by atoms with Crippen molar-refractivity contribution >= 4 is 11.8 Å². The van der Waals surface area contributed by atoms with Gasteiger partial charge in [0.15, 0.2) is 0 Å². The average Bonchev–Trinajstić information content (AvgIpc) is 2.44. The van der Waals surface area contributed by atoms with Gasteiger partial charge in [0.2, 0.25) is 0 Å². The molecule has 0 aromatic heterocycles. The Morgan fingerprint density at radius 2 is 1.95 bits per heavy atom. The van der Waals surface area contributed by atoms with E-state index < -0.39 is 0 Å². The Bertz CT molecular complexity index is 393. The van der Waals surface area contributed by atoms with Crippen LogP contribution < -0.4 is 5.32 Å². The Labute approximate surface area is 135 Å². The highest BCUT2D eigenvalue weighted by atomic mass is 32.2. The molecule has 1 unspecified atom stereocenters. The predicted octanol–water partition coefficient (Wildman–Crippen LogP) is 4.01. The first-order valence-corrected chi connectivity index (χ1v) is 9.43. The van der Waals surface area contributed by atoms with E-state index in [1.165, 1.54) is 23.3 Å². The molecule has 21 heavy (non-hydrogen) atoms. The van der Waals surface area contributed by atoms with E-state index in [0.29, 0.717) is 12.0 Å². The van der Waals surface area contributed by atoms with Crippen molar-refractivity contribution in [1.29, 1.82) is 0 Å². The molecule has 0 aliphatic heterocycles. The van der Waals surface area contributed by atoms with Gasteiger partial charge in [0.25, 0.3) is 0 Å². The van der Waals surface area contributed by atoms with Crippen LogP contribution in [0.4, 0.5) is 0 Å². The highest BCUT2D eigenvalue weighted by molar-refractivity contribution is 7.98. The molecule has 0 fully saturated rings. The van der Waals surface area contributed by atoms with Gasteiger partial charge in [-0.15, -0.1) is 0 Å². The molecule has 0 saturated heterocycles. The van der Waals surface area contributed by atoms with E-state index in [1.54, 1.807) is 0 Å². The summed E-state index contributed by atoms with van der Waals surface area (Å²) in [4.78, 5) is 2.48. The van der Waals surface area contributed by atoms with E-state index in [9.17, 15) is 0 Å². The van der Waals surface area contributed by atoms with Gasteiger partial charge in [0.1, 0.15) is 0 Å². The first-order chi connectivity index (χ1) is 10.1. The zero-order valence-corrected chi connectivity index (χ0v) is 15.2. The molecule has 3 heteroatoms. The molecular weight excluding hydrogens is 276 g/mol. The minimum Gasteiger partial charge on any atom is -0.312 e. The van der Waals surface area contributed by atoms with Crippen LogP contribution in [0.3, 0.4) is 0 Å².